The van der Waals surface area contributed by atoms with Crippen molar-refractivity contribution in [2.75, 3.05) is 5.75 Å². The minimum atomic E-state index is -0.0669. The number of rotatable bonds is 6. The Morgan fingerprint density at radius 1 is 1.17 bits per heavy atom. The van der Waals surface area contributed by atoms with Crippen LogP contribution in [0.4, 0.5) is 0 Å². The Hall–Kier alpha value is -2.31. The predicted molar refractivity (Wildman–Crippen MR) is 115 cm³/mol. The lowest BCUT2D eigenvalue weighted by molar-refractivity contribution is -0.119. The van der Waals surface area contributed by atoms with E-state index in [-0.39, 0.29) is 17.7 Å². The average Bonchev–Trinajstić information content (AvgIpc) is 3.21. The fourth-order valence-corrected chi connectivity index (χ4v) is 4.29. The van der Waals surface area contributed by atoms with Gasteiger partial charge in [0.05, 0.1) is 11.8 Å². The number of aromatic nitrogens is 2. The second kappa shape index (κ2) is 9.01. The van der Waals surface area contributed by atoms with Crippen molar-refractivity contribution in [2.45, 2.75) is 43.9 Å². The molecule has 7 heteroatoms. The van der Waals surface area contributed by atoms with Crippen molar-refractivity contribution >= 4 is 29.3 Å². The number of nitrogens with zero attached hydrogens (tertiary/aromatic N) is 2. The number of hydrogen-bond donors (Lipinski definition) is 1. The molecule has 1 aliphatic rings. The Kier molecular flexibility index (Phi) is 6.21. The SMILES string of the molecule is CC(NC(=O)CSc1nnc(-c2cccc(Cl)c2)o1)c1ccc2c(c1)CCCC2. The standard InChI is InChI=1S/C22H22ClN3O2S/c1-14(16-10-9-15-5-2-3-6-17(15)11-16)24-20(27)13-29-22-26-25-21(28-22)18-7-4-8-19(23)12-18/h4,7-12,14H,2-3,5-6,13H2,1H3,(H,24,27). The van der Waals surface area contributed by atoms with Crippen molar-refractivity contribution < 1.29 is 9.21 Å². The van der Waals surface area contributed by atoms with Gasteiger partial charge < -0.3 is 9.73 Å². The molecule has 1 aliphatic carbocycles. The second-order valence-corrected chi connectivity index (χ2v) is 8.56. The molecule has 150 valence electrons. The zero-order valence-corrected chi connectivity index (χ0v) is 17.7. The van der Waals surface area contributed by atoms with E-state index < -0.39 is 0 Å². The molecule has 29 heavy (non-hydrogen) atoms. The molecule has 0 saturated heterocycles. The number of nitrogens with one attached hydrogen (secondary N) is 1. The van der Waals surface area contributed by atoms with Gasteiger partial charge in [-0.15, -0.1) is 10.2 Å². The maximum Gasteiger partial charge on any atom is 0.277 e. The first-order chi connectivity index (χ1) is 14.1. The van der Waals surface area contributed by atoms with E-state index in [1.807, 2.05) is 19.1 Å². The molecule has 1 heterocycles. The van der Waals surface area contributed by atoms with Crippen molar-refractivity contribution in [3.05, 3.63) is 64.2 Å². The molecule has 0 bridgehead atoms. The predicted octanol–water partition coefficient (Wildman–Crippen LogP) is 5.24. The zero-order chi connectivity index (χ0) is 20.2. The minimum Gasteiger partial charge on any atom is -0.411 e. The highest BCUT2D eigenvalue weighted by Gasteiger charge is 2.16. The number of hydrogen-bond acceptors (Lipinski definition) is 5. The highest BCUT2D eigenvalue weighted by Crippen LogP contribution is 2.26. The van der Waals surface area contributed by atoms with E-state index in [0.717, 1.165) is 24.0 Å². The molecule has 1 atom stereocenters. The number of aryl methyl sites for hydroxylation is 2. The van der Waals surface area contributed by atoms with Gasteiger partial charge in [-0.1, -0.05) is 47.6 Å². The molecule has 4 rings (SSSR count). The summed E-state index contributed by atoms with van der Waals surface area (Å²) in [7, 11) is 0. The molecule has 1 unspecified atom stereocenters. The van der Waals surface area contributed by atoms with E-state index in [2.05, 4.69) is 33.7 Å². The quantitative estimate of drug-likeness (QED) is 0.545. The monoisotopic (exact) mass is 427 g/mol. The third kappa shape index (κ3) is 5.00. The molecule has 1 amide bonds. The van der Waals surface area contributed by atoms with Gasteiger partial charge in [0.1, 0.15) is 0 Å². The smallest absolute Gasteiger partial charge is 0.277 e. The molecular weight excluding hydrogens is 406 g/mol. The number of carbonyl (C=O) groups excluding carboxylic acids is 1. The van der Waals surface area contributed by atoms with Crippen molar-refractivity contribution in [1.82, 2.24) is 15.5 Å². The summed E-state index contributed by atoms with van der Waals surface area (Å²) in [6.07, 6.45) is 4.81. The van der Waals surface area contributed by atoms with Gasteiger partial charge in [-0.3, -0.25) is 4.79 Å². The first kappa shape index (κ1) is 20.0. The number of fused-ring (bicyclic) bond motifs is 1. The van der Waals surface area contributed by atoms with E-state index in [0.29, 0.717) is 16.1 Å². The third-order valence-corrected chi connectivity index (χ3v) is 6.11. The summed E-state index contributed by atoms with van der Waals surface area (Å²) in [5.41, 5.74) is 4.76. The highest BCUT2D eigenvalue weighted by molar-refractivity contribution is 7.99. The molecule has 0 fully saturated rings. The summed E-state index contributed by atoms with van der Waals surface area (Å²) in [5.74, 6) is 0.535. The maximum absolute atomic E-state index is 12.4. The van der Waals surface area contributed by atoms with E-state index >= 15 is 0 Å². The van der Waals surface area contributed by atoms with Crippen LogP contribution >= 0.6 is 23.4 Å². The van der Waals surface area contributed by atoms with Crippen molar-refractivity contribution in [3.63, 3.8) is 0 Å². The van der Waals surface area contributed by atoms with Crippen molar-refractivity contribution in [1.29, 1.82) is 0 Å². The minimum absolute atomic E-state index is 0.0416. The van der Waals surface area contributed by atoms with Crippen LogP contribution in [0.15, 0.2) is 52.1 Å². The number of thioether (sulfide) groups is 1. The Bertz CT molecular complexity index is 1020. The topological polar surface area (TPSA) is 68.0 Å². The normalized spacial score (nSPS) is 14.3. The van der Waals surface area contributed by atoms with Crippen molar-refractivity contribution in [2.24, 2.45) is 0 Å². The molecule has 2 aromatic carbocycles. The lowest BCUT2D eigenvalue weighted by Gasteiger charge is -2.20. The number of carbonyl (C=O) groups is 1. The lowest BCUT2D eigenvalue weighted by Crippen LogP contribution is -2.28. The number of halogens is 1. The van der Waals surface area contributed by atoms with Gasteiger partial charge >= 0.3 is 0 Å². The zero-order valence-electron chi connectivity index (χ0n) is 16.2. The fourth-order valence-electron chi connectivity index (χ4n) is 3.52. The van der Waals surface area contributed by atoms with E-state index in [1.165, 1.54) is 35.7 Å². The van der Waals surface area contributed by atoms with Gasteiger partial charge in [0.15, 0.2) is 0 Å². The van der Waals surface area contributed by atoms with Crippen LogP contribution < -0.4 is 5.32 Å². The third-order valence-electron chi connectivity index (χ3n) is 5.05. The molecule has 0 spiro atoms. The largest absolute Gasteiger partial charge is 0.411 e. The summed E-state index contributed by atoms with van der Waals surface area (Å²) in [5, 5.41) is 12.0. The average molecular weight is 428 g/mol. The highest BCUT2D eigenvalue weighted by atomic mass is 35.5. The van der Waals surface area contributed by atoms with Crippen LogP contribution in [-0.2, 0) is 17.6 Å². The first-order valence-electron chi connectivity index (χ1n) is 9.72. The molecule has 5 nitrogen and oxygen atoms in total. The molecule has 0 aliphatic heterocycles. The van der Waals surface area contributed by atoms with Crippen LogP contribution in [0.25, 0.3) is 11.5 Å². The van der Waals surface area contributed by atoms with Gasteiger partial charge in [-0.05, 0) is 67.5 Å². The van der Waals surface area contributed by atoms with Gasteiger partial charge in [-0.25, -0.2) is 0 Å². The maximum atomic E-state index is 12.4. The summed E-state index contributed by atoms with van der Waals surface area (Å²) >= 11 is 7.22. The van der Waals surface area contributed by atoms with E-state index in [1.54, 1.807) is 12.1 Å². The lowest BCUT2D eigenvalue weighted by atomic mass is 9.89. The van der Waals surface area contributed by atoms with Crippen LogP contribution in [-0.4, -0.2) is 21.9 Å². The summed E-state index contributed by atoms with van der Waals surface area (Å²) in [6.45, 7) is 2.01. The van der Waals surface area contributed by atoms with E-state index in [9.17, 15) is 4.79 Å². The Balaban J connectivity index is 1.32. The van der Waals surface area contributed by atoms with Gasteiger partial charge in [0.25, 0.3) is 5.22 Å². The Morgan fingerprint density at radius 3 is 2.83 bits per heavy atom. The molecular formula is C22H22ClN3O2S. The summed E-state index contributed by atoms with van der Waals surface area (Å²) in [4.78, 5) is 12.4. The van der Waals surface area contributed by atoms with Crippen LogP contribution in [0.2, 0.25) is 5.02 Å². The summed E-state index contributed by atoms with van der Waals surface area (Å²) < 4.78 is 5.63. The van der Waals surface area contributed by atoms with Crippen LogP contribution in [0, 0.1) is 0 Å². The number of amides is 1. The second-order valence-electron chi connectivity index (χ2n) is 7.20. The first-order valence-corrected chi connectivity index (χ1v) is 11.1. The van der Waals surface area contributed by atoms with Crippen LogP contribution in [0.5, 0.6) is 0 Å². The Morgan fingerprint density at radius 2 is 2.00 bits per heavy atom. The van der Waals surface area contributed by atoms with Gasteiger partial charge in [0, 0.05) is 10.6 Å². The molecule has 3 aromatic rings. The molecule has 0 saturated carbocycles. The molecule has 1 N–H and O–H groups in total. The van der Waals surface area contributed by atoms with Gasteiger partial charge in [0.2, 0.25) is 11.8 Å². The van der Waals surface area contributed by atoms with E-state index in [4.69, 9.17) is 16.0 Å². The van der Waals surface area contributed by atoms with Gasteiger partial charge in [-0.2, -0.15) is 0 Å². The molecule has 1 aromatic heterocycles. The van der Waals surface area contributed by atoms with Crippen LogP contribution in [0.3, 0.4) is 0 Å². The molecule has 0 radical (unpaired) electrons. The Labute approximate surface area is 179 Å². The van der Waals surface area contributed by atoms with Crippen molar-refractivity contribution in [3.8, 4) is 11.5 Å². The fraction of sp³-hybridized carbons (Fsp3) is 0.318. The van der Waals surface area contributed by atoms with Crippen LogP contribution in [0.1, 0.15) is 42.5 Å². The number of benzene rings is 2. The summed E-state index contributed by atoms with van der Waals surface area (Å²) in [6, 6.07) is 13.7.